The van der Waals surface area contributed by atoms with E-state index < -0.39 is 5.60 Å². The monoisotopic (exact) mass is 231 g/mol. The standard InChI is InChI=1S/C11H13Cl2O/c1-11(2,14)6-5-8-3-4-9(12)10(13)7-8/h3-4,7,14H,1,5-6H2,2H3. The van der Waals surface area contributed by atoms with Crippen molar-refractivity contribution in [3.63, 3.8) is 0 Å². The highest BCUT2D eigenvalue weighted by Crippen LogP contribution is 2.24. The van der Waals surface area contributed by atoms with Crippen LogP contribution in [0, 0.1) is 6.92 Å². The molecule has 1 atom stereocenters. The number of rotatable bonds is 3. The number of hydrogen-bond acceptors (Lipinski definition) is 1. The summed E-state index contributed by atoms with van der Waals surface area (Å²) in [7, 11) is 0. The molecule has 1 rings (SSSR count). The first-order valence-corrected chi connectivity index (χ1v) is 5.16. The van der Waals surface area contributed by atoms with Crippen LogP contribution in [0.5, 0.6) is 0 Å². The Morgan fingerprint density at radius 1 is 1.36 bits per heavy atom. The molecule has 1 aromatic rings. The summed E-state index contributed by atoms with van der Waals surface area (Å²) in [5.74, 6) is 0. The molecule has 0 bridgehead atoms. The molecule has 3 heteroatoms. The van der Waals surface area contributed by atoms with Crippen LogP contribution in [0.2, 0.25) is 10.0 Å². The second-order valence-corrected chi connectivity index (χ2v) is 4.56. The van der Waals surface area contributed by atoms with Gasteiger partial charge in [0.05, 0.1) is 15.6 Å². The SMILES string of the molecule is [CH2]C(C)(O)CCc1ccc(Cl)c(Cl)c1. The predicted octanol–water partition coefficient (Wildman–Crippen LogP) is 3.51. The van der Waals surface area contributed by atoms with Crippen molar-refractivity contribution >= 4 is 23.2 Å². The third-order valence-electron chi connectivity index (χ3n) is 1.94. The highest BCUT2D eigenvalue weighted by Gasteiger charge is 2.12. The summed E-state index contributed by atoms with van der Waals surface area (Å²) in [5, 5.41) is 10.5. The van der Waals surface area contributed by atoms with Gasteiger partial charge in [0.25, 0.3) is 0 Å². The van der Waals surface area contributed by atoms with Gasteiger partial charge in [-0.3, -0.25) is 0 Å². The summed E-state index contributed by atoms with van der Waals surface area (Å²) in [6.07, 6.45) is 1.35. The molecule has 0 aromatic heterocycles. The summed E-state index contributed by atoms with van der Waals surface area (Å²) >= 11 is 11.6. The molecule has 1 aromatic carbocycles. The first-order valence-electron chi connectivity index (χ1n) is 4.40. The van der Waals surface area contributed by atoms with Gasteiger partial charge >= 0.3 is 0 Å². The van der Waals surface area contributed by atoms with Gasteiger partial charge in [0.1, 0.15) is 0 Å². The molecule has 1 N–H and O–H groups in total. The maximum absolute atomic E-state index is 9.43. The fourth-order valence-electron chi connectivity index (χ4n) is 1.11. The van der Waals surface area contributed by atoms with Crippen LogP contribution in [0.3, 0.4) is 0 Å². The largest absolute Gasteiger partial charge is 0.390 e. The van der Waals surface area contributed by atoms with E-state index in [-0.39, 0.29) is 0 Å². The molecule has 0 aliphatic carbocycles. The Morgan fingerprint density at radius 3 is 2.50 bits per heavy atom. The first-order chi connectivity index (χ1) is 6.38. The van der Waals surface area contributed by atoms with Crippen molar-refractivity contribution in [2.24, 2.45) is 0 Å². The minimum absolute atomic E-state index is 0.549. The molecule has 1 nitrogen and oxygen atoms in total. The van der Waals surface area contributed by atoms with E-state index in [1.807, 2.05) is 12.1 Å². The van der Waals surface area contributed by atoms with Crippen molar-refractivity contribution in [2.45, 2.75) is 25.4 Å². The molecule has 0 fully saturated rings. The lowest BCUT2D eigenvalue weighted by Gasteiger charge is -2.16. The molecule has 0 heterocycles. The average molecular weight is 232 g/mol. The molecular formula is C11H13Cl2O. The highest BCUT2D eigenvalue weighted by atomic mass is 35.5. The molecule has 0 aliphatic heterocycles. The molecule has 0 saturated carbocycles. The lowest BCUT2D eigenvalue weighted by atomic mass is 9.99. The van der Waals surface area contributed by atoms with Crippen LogP contribution in [-0.2, 0) is 6.42 Å². The van der Waals surface area contributed by atoms with Crippen molar-refractivity contribution in [1.29, 1.82) is 0 Å². The molecular weight excluding hydrogens is 219 g/mol. The van der Waals surface area contributed by atoms with Crippen molar-refractivity contribution in [1.82, 2.24) is 0 Å². The Hall–Kier alpha value is -0.240. The van der Waals surface area contributed by atoms with Gasteiger partial charge in [-0.2, -0.15) is 0 Å². The van der Waals surface area contributed by atoms with Gasteiger partial charge in [-0.05, 0) is 44.4 Å². The van der Waals surface area contributed by atoms with E-state index in [0.717, 1.165) is 12.0 Å². The van der Waals surface area contributed by atoms with Gasteiger partial charge < -0.3 is 5.11 Å². The number of hydrogen-bond donors (Lipinski definition) is 1. The van der Waals surface area contributed by atoms with Crippen molar-refractivity contribution < 1.29 is 5.11 Å². The second-order valence-electron chi connectivity index (χ2n) is 3.75. The fourth-order valence-corrected chi connectivity index (χ4v) is 1.43. The van der Waals surface area contributed by atoms with E-state index in [0.29, 0.717) is 16.5 Å². The van der Waals surface area contributed by atoms with Crippen molar-refractivity contribution in [2.75, 3.05) is 0 Å². The van der Waals surface area contributed by atoms with Crippen LogP contribution in [0.1, 0.15) is 18.9 Å². The van der Waals surface area contributed by atoms with Gasteiger partial charge in [0.2, 0.25) is 0 Å². The van der Waals surface area contributed by atoms with Crippen molar-refractivity contribution in [3.05, 3.63) is 40.7 Å². The molecule has 0 aliphatic rings. The number of aliphatic hydroxyl groups is 1. The quantitative estimate of drug-likeness (QED) is 0.845. The summed E-state index contributed by atoms with van der Waals surface area (Å²) in [6.45, 7) is 5.31. The molecule has 1 unspecified atom stereocenters. The topological polar surface area (TPSA) is 20.2 Å². The second kappa shape index (κ2) is 4.52. The molecule has 14 heavy (non-hydrogen) atoms. The van der Waals surface area contributed by atoms with E-state index in [4.69, 9.17) is 23.2 Å². The highest BCUT2D eigenvalue weighted by molar-refractivity contribution is 6.42. The summed E-state index contributed by atoms with van der Waals surface area (Å²) in [5.41, 5.74) is 0.176. The first kappa shape index (κ1) is 11.8. The third-order valence-corrected chi connectivity index (χ3v) is 2.68. The Bertz CT molecular complexity index is 316. The van der Waals surface area contributed by atoms with Crippen LogP contribution in [0.15, 0.2) is 18.2 Å². The summed E-state index contributed by atoms with van der Waals surface area (Å²) in [6, 6.07) is 5.48. The van der Waals surface area contributed by atoms with Crippen LogP contribution in [0.25, 0.3) is 0 Å². The minimum Gasteiger partial charge on any atom is -0.390 e. The van der Waals surface area contributed by atoms with E-state index in [9.17, 15) is 5.11 Å². The number of halogens is 2. The molecule has 0 saturated heterocycles. The molecule has 77 valence electrons. The molecule has 0 amide bonds. The summed E-state index contributed by atoms with van der Waals surface area (Å²) < 4.78 is 0. The van der Waals surface area contributed by atoms with E-state index in [1.165, 1.54) is 0 Å². The van der Waals surface area contributed by atoms with Gasteiger partial charge in [0.15, 0.2) is 0 Å². The van der Waals surface area contributed by atoms with Gasteiger partial charge in [-0.25, -0.2) is 0 Å². The van der Waals surface area contributed by atoms with Crippen LogP contribution in [-0.4, -0.2) is 10.7 Å². The Labute approximate surface area is 94.7 Å². The van der Waals surface area contributed by atoms with E-state index in [1.54, 1.807) is 13.0 Å². The zero-order chi connectivity index (χ0) is 10.8. The van der Waals surface area contributed by atoms with Gasteiger partial charge in [0, 0.05) is 0 Å². The Balaban J connectivity index is 2.65. The van der Waals surface area contributed by atoms with Crippen LogP contribution < -0.4 is 0 Å². The van der Waals surface area contributed by atoms with Gasteiger partial charge in [-0.1, -0.05) is 29.3 Å². The fraction of sp³-hybridized carbons (Fsp3) is 0.364. The zero-order valence-electron chi connectivity index (χ0n) is 8.06. The van der Waals surface area contributed by atoms with Crippen LogP contribution >= 0.6 is 23.2 Å². The third kappa shape index (κ3) is 3.87. The normalized spacial score (nSPS) is 11.8. The average Bonchev–Trinajstić information content (AvgIpc) is 2.06. The Morgan fingerprint density at radius 2 is 2.00 bits per heavy atom. The van der Waals surface area contributed by atoms with E-state index in [2.05, 4.69) is 6.92 Å². The maximum Gasteiger partial charge on any atom is 0.0624 e. The zero-order valence-corrected chi connectivity index (χ0v) is 9.57. The lowest BCUT2D eigenvalue weighted by molar-refractivity contribution is 0.0992. The maximum atomic E-state index is 9.43. The molecule has 1 radical (unpaired) electrons. The summed E-state index contributed by atoms with van der Waals surface area (Å²) in [4.78, 5) is 0. The predicted molar refractivity (Wildman–Crippen MR) is 60.8 cm³/mol. The smallest absolute Gasteiger partial charge is 0.0624 e. The molecule has 0 spiro atoms. The minimum atomic E-state index is -0.883. The number of benzene rings is 1. The lowest BCUT2D eigenvalue weighted by Crippen LogP contribution is -2.19. The van der Waals surface area contributed by atoms with Crippen molar-refractivity contribution in [3.8, 4) is 0 Å². The Kier molecular flexibility index (Phi) is 3.82. The van der Waals surface area contributed by atoms with E-state index >= 15 is 0 Å². The van der Waals surface area contributed by atoms with Crippen LogP contribution in [0.4, 0.5) is 0 Å². The number of aryl methyl sites for hydroxylation is 1. The van der Waals surface area contributed by atoms with Gasteiger partial charge in [-0.15, -0.1) is 0 Å².